The van der Waals surface area contributed by atoms with Gasteiger partial charge in [-0.1, -0.05) is 19.1 Å². The highest BCUT2D eigenvalue weighted by molar-refractivity contribution is 7.98. The van der Waals surface area contributed by atoms with E-state index in [9.17, 15) is 0 Å². The number of anilines is 2. The van der Waals surface area contributed by atoms with Gasteiger partial charge in [-0.15, -0.1) is 23.1 Å². The van der Waals surface area contributed by atoms with Crippen LogP contribution in [0.15, 0.2) is 53.3 Å². The molecule has 0 N–H and O–H groups in total. The third kappa shape index (κ3) is 4.42. The van der Waals surface area contributed by atoms with Gasteiger partial charge in [0.05, 0.1) is 10.2 Å². The lowest BCUT2D eigenvalue weighted by Crippen LogP contribution is -2.44. The summed E-state index contributed by atoms with van der Waals surface area (Å²) >= 11 is 3.50. The summed E-state index contributed by atoms with van der Waals surface area (Å²) < 4.78 is 1.16. The van der Waals surface area contributed by atoms with E-state index in [1.54, 1.807) is 29.4 Å². The van der Waals surface area contributed by atoms with E-state index in [-0.39, 0.29) is 0 Å². The maximum absolute atomic E-state index is 4.70. The van der Waals surface area contributed by atoms with Crippen LogP contribution in [0.5, 0.6) is 0 Å². The normalized spacial score (nSPS) is 14.7. The quantitative estimate of drug-likeness (QED) is 0.339. The molecule has 0 radical (unpaired) electrons. The molecule has 0 bridgehead atoms. The summed E-state index contributed by atoms with van der Waals surface area (Å²) in [6.45, 7) is 4.03. The van der Waals surface area contributed by atoms with Crippen LogP contribution in [0.25, 0.3) is 21.3 Å². The van der Waals surface area contributed by atoms with Crippen molar-refractivity contribution >= 4 is 45.1 Å². The van der Waals surface area contributed by atoms with Gasteiger partial charge < -0.3 is 9.80 Å². The molecular formula is C25H28N6S2. The molecule has 0 aliphatic carbocycles. The Kier molecular flexibility index (Phi) is 6.46. The Balaban J connectivity index is 1.33. The minimum absolute atomic E-state index is 0.431. The van der Waals surface area contributed by atoms with E-state index in [2.05, 4.69) is 74.6 Å². The summed E-state index contributed by atoms with van der Waals surface area (Å²) in [6, 6.07) is 9.14. The van der Waals surface area contributed by atoms with Crippen LogP contribution in [0.3, 0.4) is 0 Å². The first-order valence-electron chi connectivity index (χ1n) is 11.3. The molecule has 0 unspecified atom stereocenters. The average Bonchev–Trinajstić information content (AvgIpc) is 3.33. The molecule has 0 spiro atoms. The number of fused-ring (bicyclic) bond motifs is 1. The smallest absolute Gasteiger partial charge is 0.225 e. The molecule has 1 aromatic carbocycles. The Morgan fingerprint density at radius 3 is 2.45 bits per heavy atom. The standard InChI is InChI=1S/C25H28N6S2/c1-4-17-13-26-25(27-14-17)31-11-9-19(10-12-31)30(2)24-23-22(28-16-29-24)21(15-33-23)18-5-7-20(32-3)8-6-18/h5-8,13-16,19H,4,9-12H2,1-3H3. The van der Waals surface area contributed by atoms with Crippen LogP contribution >= 0.6 is 23.1 Å². The van der Waals surface area contributed by atoms with Gasteiger partial charge in [-0.25, -0.2) is 19.9 Å². The van der Waals surface area contributed by atoms with Crippen molar-refractivity contribution in [3.05, 3.63) is 53.9 Å². The Labute approximate surface area is 203 Å². The minimum atomic E-state index is 0.431. The molecule has 3 aromatic heterocycles. The van der Waals surface area contributed by atoms with Gasteiger partial charge in [0, 0.05) is 54.4 Å². The molecule has 5 rings (SSSR count). The first-order chi connectivity index (χ1) is 16.2. The molecule has 0 amide bonds. The Morgan fingerprint density at radius 1 is 1.06 bits per heavy atom. The summed E-state index contributed by atoms with van der Waals surface area (Å²) in [4.78, 5) is 24.4. The maximum Gasteiger partial charge on any atom is 0.225 e. The number of hydrogen-bond acceptors (Lipinski definition) is 8. The molecule has 33 heavy (non-hydrogen) atoms. The van der Waals surface area contributed by atoms with E-state index < -0.39 is 0 Å². The summed E-state index contributed by atoms with van der Waals surface area (Å²) in [6.07, 6.45) is 10.8. The largest absolute Gasteiger partial charge is 0.355 e. The van der Waals surface area contributed by atoms with Crippen LogP contribution < -0.4 is 9.80 Å². The maximum atomic E-state index is 4.70. The number of benzene rings is 1. The highest BCUT2D eigenvalue weighted by Crippen LogP contribution is 2.38. The van der Waals surface area contributed by atoms with Gasteiger partial charge >= 0.3 is 0 Å². The monoisotopic (exact) mass is 476 g/mol. The van der Waals surface area contributed by atoms with E-state index >= 15 is 0 Å². The summed E-state index contributed by atoms with van der Waals surface area (Å²) in [5.74, 6) is 1.87. The lowest BCUT2D eigenvalue weighted by molar-refractivity contribution is 0.476. The SMILES string of the molecule is CCc1cnc(N2CCC(N(C)c3ncnc4c(-c5ccc(SC)cc5)csc34)CC2)nc1. The second-order valence-corrected chi connectivity index (χ2v) is 10.1. The number of nitrogens with zero attached hydrogens (tertiary/aromatic N) is 6. The van der Waals surface area contributed by atoms with Crippen molar-refractivity contribution in [2.75, 3.05) is 36.2 Å². The molecule has 1 aliphatic heterocycles. The minimum Gasteiger partial charge on any atom is -0.355 e. The molecule has 1 fully saturated rings. The molecule has 1 aliphatic rings. The van der Waals surface area contributed by atoms with E-state index in [1.165, 1.54) is 21.6 Å². The zero-order chi connectivity index (χ0) is 22.8. The highest BCUT2D eigenvalue weighted by Gasteiger charge is 2.26. The molecule has 1 saturated heterocycles. The Morgan fingerprint density at radius 2 is 1.79 bits per heavy atom. The van der Waals surface area contributed by atoms with Crippen molar-refractivity contribution in [3.63, 3.8) is 0 Å². The number of piperidine rings is 1. The van der Waals surface area contributed by atoms with Crippen molar-refractivity contribution in [2.45, 2.75) is 37.1 Å². The Bertz CT molecular complexity index is 1210. The van der Waals surface area contributed by atoms with Crippen LogP contribution in [0.2, 0.25) is 0 Å². The molecule has 8 heteroatoms. The van der Waals surface area contributed by atoms with E-state index in [4.69, 9.17) is 4.98 Å². The first-order valence-corrected chi connectivity index (χ1v) is 13.4. The molecule has 0 saturated carbocycles. The predicted octanol–water partition coefficient (Wildman–Crippen LogP) is 5.54. The fourth-order valence-electron chi connectivity index (χ4n) is 4.38. The zero-order valence-corrected chi connectivity index (χ0v) is 20.9. The molecule has 4 aromatic rings. The van der Waals surface area contributed by atoms with Crippen LogP contribution in [0, 0.1) is 0 Å². The number of hydrogen-bond donors (Lipinski definition) is 0. The second kappa shape index (κ2) is 9.65. The van der Waals surface area contributed by atoms with Gasteiger partial charge in [0.1, 0.15) is 12.1 Å². The third-order valence-electron chi connectivity index (χ3n) is 6.46. The van der Waals surface area contributed by atoms with Crippen LogP contribution in [-0.2, 0) is 6.42 Å². The van der Waals surface area contributed by atoms with E-state index in [0.717, 1.165) is 54.3 Å². The van der Waals surface area contributed by atoms with Crippen molar-refractivity contribution in [1.29, 1.82) is 0 Å². The number of aromatic nitrogens is 4. The topological polar surface area (TPSA) is 58.0 Å². The second-order valence-electron chi connectivity index (χ2n) is 8.33. The summed E-state index contributed by atoms with van der Waals surface area (Å²) in [5, 5.41) is 2.21. The summed E-state index contributed by atoms with van der Waals surface area (Å²) in [7, 11) is 2.17. The molecule has 170 valence electrons. The van der Waals surface area contributed by atoms with Gasteiger partial charge in [-0.05, 0) is 48.8 Å². The zero-order valence-electron chi connectivity index (χ0n) is 19.2. The van der Waals surface area contributed by atoms with Gasteiger partial charge in [-0.3, -0.25) is 0 Å². The van der Waals surface area contributed by atoms with Gasteiger partial charge in [-0.2, -0.15) is 0 Å². The summed E-state index contributed by atoms with van der Waals surface area (Å²) in [5.41, 5.74) is 4.60. The molecule has 4 heterocycles. The lowest BCUT2D eigenvalue weighted by atomic mass is 10.0. The molecule has 6 nitrogen and oxygen atoms in total. The molecule has 0 atom stereocenters. The highest BCUT2D eigenvalue weighted by atomic mass is 32.2. The van der Waals surface area contributed by atoms with Gasteiger partial charge in [0.25, 0.3) is 0 Å². The van der Waals surface area contributed by atoms with Crippen LogP contribution in [0.1, 0.15) is 25.3 Å². The van der Waals surface area contributed by atoms with Crippen LogP contribution in [0.4, 0.5) is 11.8 Å². The van der Waals surface area contributed by atoms with Crippen molar-refractivity contribution in [1.82, 2.24) is 19.9 Å². The van der Waals surface area contributed by atoms with Gasteiger partial charge in [0.15, 0.2) is 0 Å². The van der Waals surface area contributed by atoms with E-state index in [1.807, 2.05) is 12.4 Å². The van der Waals surface area contributed by atoms with Crippen molar-refractivity contribution in [2.24, 2.45) is 0 Å². The van der Waals surface area contributed by atoms with Crippen molar-refractivity contribution in [3.8, 4) is 11.1 Å². The number of rotatable bonds is 6. The van der Waals surface area contributed by atoms with Crippen molar-refractivity contribution < 1.29 is 0 Å². The lowest BCUT2D eigenvalue weighted by Gasteiger charge is -2.37. The molecular weight excluding hydrogens is 448 g/mol. The fraction of sp³-hybridized carbons (Fsp3) is 0.360. The number of thioether (sulfide) groups is 1. The number of aryl methyl sites for hydroxylation is 1. The Hall–Kier alpha value is -2.71. The third-order valence-corrected chi connectivity index (χ3v) is 8.17. The van der Waals surface area contributed by atoms with E-state index in [0.29, 0.717) is 6.04 Å². The fourth-order valence-corrected chi connectivity index (χ4v) is 5.85. The average molecular weight is 477 g/mol. The number of thiophene rings is 1. The van der Waals surface area contributed by atoms with Gasteiger partial charge in [0.2, 0.25) is 5.95 Å². The van der Waals surface area contributed by atoms with Crippen LogP contribution in [-0.4, -0.2) is 52.4 Å². The predicted molar refractivity (Wildman–Crippen MR) is 140 cm³/mol. The first kappa shape index (κ1) is 22.1.